The van der Waals surface area contributed by atoms with Crippen LogP contribution in [0.5, 0.6) is 0 Å². The van der Waals surface area contributed by atoms with Gasteiger partial charge in [-0.25, -0.2) is 0 Å². The number of hydrogen-bond acceptors (Lipinski definition) is 2. The molecule has 0 aromatic carbocycles. The summed E-state index contributed by atoms with van der Waals surface area (Å²) in [5, 5.41) is 0.140. The highest BCUT2D eigenvalue weighted by Gasteiger charge is 2.30. The first kappa shape index (κ1) is 10.9. The van der Waals surface area contributed by atoms with Gasteiger partial charge in [0.2, 0.25) is 0 Å². The Morgan fingerprint density at radius 3 is 2.77 bits per heavy atom. The van der Waals surface area contributed by atoms with Crippen LogP contribution in [0.1, 0.15) is 39.0 Å². The van der Waals surface area contributed by atoms with E-state index >= 15 is 0 Å². The molecule has 0 aromatic heterocycles. The molecule has 1 aliphatic carbocycles. The van der Waals surface area contributed by atoms with Crippen LogP contribution in [0.25, 0.3) is 0 Å². The topological polar surface area (TPSA) is 34.1 Å². The maximum absolute atomic E-state index is 11.4. The Balaban J connectivity index is 2.60. The Hall–Kier alpha value is -0.180. The standard InChI is InChI=1S/C10H18O2S/c1-3-4-8-5-6-9(11)7-10(8)13(2)12/h8,10H,3-7H2,1-2H3. The van der Waals surface area contributed by atoms with Crippen LogP contribution in [0.4, 0.5) is 0 Å². The Morgan fingerprint density at radius 2 is 2.23 bits per heavy atom. The highest BCUT2D eigenvalue weighted by Crippen LogP contribution is 2.29. The number of carbonyl (C=O) groups is 1. The quantitative estimate of drug-likeness (QED) is 0.700. The first-order valence-electron chi connectivity index (χ1n) is 4.99. The lowest BCUT2D eigenvalue weighted by Gasteiger charge is -2.28. The van der Waals surface area contributed by atoms with E-state index < -0.39 is 10.8 Å². The first-order valence-corrected chi connectivity index (χ1v) is 6.61. The molecule has 2 nitrogen and oxygen atoms in total. The van der Waals surface area contributed by atoms with Crippen LogP contribution in [0.2, 0.25) is 0 Å². The zero-order valence-electron chi connectivity index (χ0n) is 8.41. The maximum atomic E-state index is 11.4. The lowest BCUT2D eigenvalue weighted by atomic mass is 9.85. The molecule has 0 bridgehead atoms. The number of hydrogen-bond donors (Lipinski definition) is 0. The van der Waals surface area contributed by atoms with Crippen molar-refractivity contribution < 1.29 is 9.00 Å². The largest absolute Gasteiger partial charge is 0.300 e. The fourth-order valence-corrected chi connectivity index (χ4v) is 3.35. The minimum Gasteiger partial charge on any atom is -0.300 e. The second-order valence-corrected chi connectivity index (χ2v) is 5.47. The van der Waals surface area contributed by atoms with E-state index in [0.717, 1.165) is 19.3 Å². The summed E-state index contributed by atoms with van der Waals surface area (Å²) in [4.78, 5) is 11.2. The summed E-state index contributed by atoms with van der Waals surface area (Å²) in [6.45, 7) is 2.14. The highest BCUT2D eigenvalue weighted by molar-refractivity contribution is 7.84. The van der Waals surface area contributed by atoms with Gasteiger partial charge in [-0.15, -0.1) is 0 Å². The minimum atomic E-state index is -0.825. The lowest BCUT2D eigenvalue weighted by molar-refractivity contribution is -0.120. The average molecular weight is 202 g/mol. The van der Waals surface area contributed by atoms with Crippen molar-refractivity contribution in [2.75, 3.05) is 6.26 Å². The van der Waals surface area contributed by atoms with E-state index in [1.807, 2.05) is 0 Å². The molecule has 0 aliphatic heterocycles. The van der Waals surface area contributed by atoms with E-state index in [0.29, 0.717) is 24.5 Å². The zero-order chi connectivity index (χ0) is 9.84. The number of rotatable bonds is 3. The Bertz CT molecular complexity index is 213. The van der Waals surface area contributed by atoms with Crippen LogP contribution in [0.3, 0.4) is 0 Å². The second-order valence-electron chi connectivity index (χ2n) is 3.87. The molecule has 1 rings (SSSR count). The fourth-order valence-electron chi connectivity index (χ4n) is 2.11. The highest BCUT2D eigenvalue weighted by atomic mass is 32.2. The summed E-state index contributed by atoms with van der Waals surface area (Å²) in [6, 6.07) is 0. The van der Waals surface area contributed by atoms with Crippen molar-refractivity contribution in [1.29, 1.82) is 0 Å². The van der Waals surface area contributed by atoms with E-state index in [-0.39, 0.29) is 5.25 Å². The molecule has 1 saturated carbocycles. The molecule has 0 N–H and O–H groups in total. The third kappa shape index (κ3) is 2.90. The van der Waals surface area contributed by atoms with Crippen LogP contribution in [0.15, 0.2) is 0 Å². The Morgan fingerprint density at radius 1 is 1.54 bits per heavy atom. The van der Waals surface area contributed by atoms with Crippen molar-refractivity contribution >= 4 is 16.6 Å². The molecule has 0 spiro atoms. The van der Waals surface area contributed by atoms with Gasteiger partial charge in [0.05, 0.1) is 0 Å². The van der Waals surface area contributed by atoms with Gasteiger partial charge in [0, 0.05) is 35.1 Å². The zero-order valence-corrected chi connectivity index (χ0v) is 9.23. The smallest absolute Gasteiger partial charge is 0.134 e. The van der Waals surface area contributed by atoms with Gasteiger partial charge >= 0.3 is 0 Å². The van der Waals surface area contributed by atoms with Gasteiger partial charge in [0.1, 0.15) is 5.78 Å². The van der Waals surface area contributed by atoms with Gasteiger partial charge < -0.3 is 0 Å². The molecule has 0 heterocycles. The first-order chi connectivity index (χ1) is 6.15. The predicted octanol–water partition coefficient (Wildman–Crippen LogP) is 1.90. The predicted molar refractivity (Wildman–Crippen MR) is 55.1 cm³/mol. The number of ketones is 1. The van der Waals surface area contributed by atoms with Gasteiger partial charge in [0.15, 0.2) is 0 Å². The van der Waals surface area contributed by atoms with Crippen molar-refractivity contribution in [2.24, 2.45) is 5.92 Å². The second kappa shape index (κ2) is 4.89. The molecule has 0 radical (unpaired) electrons. The van der Waals surface area contributed by atoms with Crippen molar-refractivity contribution in [3.63, 3.8) is 0 Å². The minimum absolute atomic E-state index is 0.140. The molecule has 3 atom stereocenters. The summed E-state index contributed by atoms with van der Waals surface area (Å²) in [5.74, 6) is 0.820. The summed E-state index contributed by atoms with van der Waals surface area (Å²) in [5.41, 5.74) is 0. The van der Waals surface area contributed by atoms with Crippen LogP contribution in [-0.2, 0) is 15.6 Å². The van der Waals surface area contributed by atoms with Crippen molar-refractivity contribution in [1.82, 2.24) is 0 Å². The van der Waals surface area contributed by atoms with E-state index in [1.54, 1.807) is 6.26 Å². The lowest BCUT2D eigenvalue weighted by Crippen LogP contribution is -2.32. The maximum Gasteiger partial charge on any atom is 0.134 e. The number of Topliss-reactive ketones (excluding diaryl/α,β-unsaturated/α-hetero) is 1. The van der Waals surface area contributed by atoms with Crippen molar-refractivity contribution in [2.45, 2.75) is 44.3 Å². The molecule has 0 aromatic rings. The molecule has 0 amide bonds. The third-order valence-corrected chi connectivity index (χ3v) is 4.24. The van der Waals surface area contributed by atoms with E-state index in [4.69, 9.17) is 0 Å². The number of carbonyl (C=O) groups excluding carboxylic acids is 1. The summed E-state index contributed by atoms with van der Waals surface area (Å²) in [7, 11) is -0.825. The molecule has 76 valence electrons. The summed E-state index contributed by atoms with van der Waals surface area (Å²) < 4.78 is 11.4. The van der Waals surface area contributed by atoms with E-state index in [2.05, 4.69) is 6.92 Å². The molecular weight excluding hydrogens is 184 g/mol. The van der Waals surface area contributed by atoms with Gasteiger partial charge in [-0.3, -0.25) is 9.00 Å². The van der Waals surface area contributed by atoms with Gasteiger partial charge in [-0.1, -0.05) is 13.3 Å². The molecule has 13 heavy (non-hydrogen) atoms. The van der Waals surface area contributed by atoms with E-state index in [1.165, 1.54) is 0 Å². The summed E-state index contributed by atoms with van der Waals surface area (Å²) >= 11 is 0. The van der Waals surface area contributed by atoms with Gasteiger partial charge in [-0.2, -0.15) is 0 Å². The van der Waals surface area contributed by atoms with Crippen LogP contribution >= 0.6 is 0 Å². The monoisotopic (exact) mass is 202 g/mol. The van der Waals surface area contributed by atoms with Crippen molar-refractivity contribution in [3.8, 4) is 0 Å². The van der Waals surface area contributed by atoms with Gasteiger partial charge in [-0.05, 0) is 18.8 Å². The Kier molecular flexibility index (Phi) is 4.10. The van der Waals surface area contributed by atoms with E-state index in [9.17, 15) is 9.00 Å². The molecular formula is C10H18O2S. The van der Waals surface area contributed by atoms with Gasteiger partial charge in [0.25, 0.3) is 0 Å². The molecule has 3 unspecified atom stereocenters. The SMILES string of the molecule is CCCC1CCC(=O)CC1S(C)=O. The van der Waals surface area contributed by atoms with Crippen LogP contribution in [0, 0.1) is 5.92 Å². The molecule has 1 fully saturated rings. The van der Waals surface area contributed by atoms with Crippen LogP contribution in [-0.4, -0.2) is 21.5 Å². The average Bonchev–Trinajstić information content (AvgIpc) is 2.08. The van der Waals surface area contributed by atoms with Crippen molar-refractivity contribution in [3.05, 3.63) is 0 Å². The molecule has 0 saturated heterocycles. The third-order valence-electron chi connectivity index (χ3n) is 2.83. The molecule has 1 aliphatic rings. The Labute approximate surface area is 82.6 Å². The normalized spacial score (nSPS) is 31.7. The fraction of sp³-hybridized carbons (Fsp3) is 0.900. The van der Waals surface area contributed by atoms with Crippen LogP contribution < -0.4 is 0 Å². The molecule has 3 heteroatoms. The summed E-state index contributed by atoms with van der Waals surface area (Å²) in [6.07, 6.45) is 6.19.